The lowest BCUT2D eigenvalue weighted by Crippen LogP contribution is -2.29. The summed E-state index contributed by atoms with van der Waals surface area (Å²) in [5, 5.41) is 10.7. The Morgan fingerprint density at radius 2 is 1.81 bits per heavy atom. The number of carbonyl (C=O) groups excluding carboxylic acids is 1. The predicted octanol–water partition coefficient (Wildman–Crippen LogP) is 3.80. The van der Waals surface area contributed by atoms with Crippen molar-refractivity contribution in [2.24, 2.45) is 5.92 Å². The number of hydrogen-bond donors (Lipinski definition) is 0. The molecule has 1 unspecified atom stereocenters. The number of hydrogen-bond acceptors (Lipinski definition) is 5. The highest BCUT2D eigenvalue weighted by Crippen LogP contribution is 2.23. The van der Waals surface area contributed by atoms with Gasteiger partial charge in [-0.05, 0) is 54.2 Å². The zero-order chi connectivity index (χ0) is 19.2. The Morgan fingerprint density at radius 3 is 2.44 bits per heavy atom. The molecule has 1 atom stereocenters. The molecule has 1 saturated heterocycles. The Kier molecular flexibility index (Phi) is 5.90. The highest BCUT2D eigenvalue weighted by atomic mass is 16.6. The first-order valence-electron chi connectivity index (χ1n) is 8.83. The number of nitro groups is 1. The number of nitro benzene ring substituents is 1. The number of non-ortho nitro benzene ring substituents is 1. The molecule has 142 valence electrons. The minimum absolute atomic E-state index is 0.0194. The van der Waals surface area contributed by atoms with Gasteiger partial charge in [0.05, 0.1) is 12.0 Å². The molecule has 2 aromatic carbocycles. The lowest BCUT2D eigenvalue weighted by Gasteiger charge is -2.16. The molecule has 0 N–H and O–H groups in total. The first kappa shape index (κ1) is 18.7. The van der Waals surface area contributed by atoms with Gasteiger partial charge in [0.15, 0.2) is 0 Å². The molecule has 0 radical (unpaired) electrons. The number of methoxy groups -OCH3 is 1. The van der Waals surface area contributed by atoms with Gasteiger partial charge in [-0.25, -0.2) is 4.79 Å². The number of carbonyl (C=O) groups is 1. The quantitative estimate of drug-likeness (QED) is 0.570. The van der Waals surface area contributed by atoms with Crippen LogP contribution in [0.1, 0.15) is 17.5 Å². The van der Waals surface area contributed by atoms with E-state index in [2.05, 4.69) is 12.1 Å². The third-order valence-corrected chi connectivity index (χ3v) is 4.74. The third kappa shape index (κ3) is 4.97. The molecule has 1 aliphatic rings. The van der Waals surface area contributed by atoms with Crippen LogP contribution in [0.3, 0.4) is 0 Å². The molecule has 0 bridgehead atoms. The Labute approximate surface area is 157 Å². The van der Waals surface area contributed by atoms with Crippen LogP contribution < -0.4 is 4.74 Å². The SMILES string of the molecule is COc1ccc(CC2CCN(C(=O)OCc3ccc([N+](=O)[O-])cc3)C2)cc1. The molecule has 1 fully saturated rings. The second-order valence-corrected chi connectivity index (χ2v) is 6.63. The van der Waals surface area contributed by atoms with Gasteiger partial charge in [0.1, 0.15) is 12.4 Å². The topological polar surface area (TPSA) is 81.9 Å². The summed E-state index contributed by atoms with van der Waals surface area (Å²) >= 11 is 0. The van der Waals surface area contributed by atoms with Gasteiger partial charge in [0, 0.05) is 25.2 Å². The first-order valence-corrected chi connectivity index (χ1v) is 8.83. The van der Waals surface area contributed by atoms with Gasteiger partial charge >= 0.3 is 6.09 Å². The summed E-state index contributed by atoms with van der Waals surface area (Å²) in [7, 11) is 1.64. The minimum atomic E-state index is -0.455. The van der Waals surface area contributed by atoms with Crippen molar-refractivity contribution in [3.05, 3.63) is 69.8 Å². The molecule has 27 heavy (non-hydrogen) atoms. The van der Waals surface area contributed by atoms with Gasteiger partial charge in [-0.3, -0.25) is 10.1 Å². The van der Waals surface area contributed by atoms with E-state index >= 15 is 0 Å². The smallest absolute Gasteiger partial charge is 0.410 e. The maximum atomic E-state index is 12.3. The van der Waals surface area contributed by atoms with E-state index in [-0.39, 0.29) is 18.4 Å². The van der Waals surface area contributed by atoms with Crippen LogP contribution in [-0.4, -0.2) is 36.1 Å². The van der Waals surface area contributed by atoms with Crippen LogP contribution in [0.4, 0.5) is 10.5 Å². The van der Waals surface area contributed by atoms with Crippen LogP contribution in [0, 0.1) is 16.0 Å². The lowest BCUT2D eigenvalue weighted by molar-refractivity contribution is -0.384. The molecule has 0 spiro atoms. The van der Waals surface area contributed by atoms with Crippen LogP contribution in [0.2, 0.25) is 0 Å². The summed E-state index contributed by atoms with van der Waals surface area (Å²) in [6.45, 7) is 1.46. The maximum absolute atomic E-state index is 12.3. The Hall–Kier alpha value is -3.09. The van der Waals surface area contributed by atoms with Gasteiger partial charge in [0.2, 0.25) is 0 Å². The van der Waals surface area contributed by atoms with Gasteiger partial charge in [0.25, 0.3) is 5.69 Å². The normalized spacial score (nSPS) is 16.2. The summed E-state index contributed by atoms with van der Waals surface area (Å²) in [6, 6.07) is 14.0. The third-order valence-electron chi connectivity index (χ3n) is 4.74. The second kappa shape index (κ2) is 8.53. The molecule has 7 heteroatoms. The van der Waals surface area contributed by atoms with Crippen LogP contribution >= 0.6 is 0 Å². The summed E-state index contributed by atoms with van der Waals surface area (Å²) in [5.41, 5.74) is 1.97. The van der Waals surface area contributed by atoms with Crippen LogP contribution in [0.25, 0.3) is 0 Å². The fraction of sp³-hybridized carbons (Fsp3) is 0.350. The number of nitrogens with zero attached hydrogens (tertiary/aromatic N) is 2. The summed E-state index contributed by atoms with van der Waals surface area (Å²) in [4.78, 5) is 24.2. The number of rotatable bonds is 6. The second-order valence-electron chi connectivity index (χ2n) is 6.63. The van der Waals surface area contributed by atoms with E-state index in [0.29, 0.717) is 19.0 Å². The first-order chi connectivity index (χ1) is 13.0. The Balaban J connectivity index is 1.46. The maximum Gasteiger partial charge on any atom is 0.410 e. The molecule has 1 heterocycles. The van der Waals surface area contributed by atoms with Crippen molar-refractivity contribution in [2.45, 2.75) is 19.4 Å². The highest BCUT2D eigenvalue weighted by Gasteiger charge is 2.27. The van der Waals surface area contributed by atoms with Crippen molar-refractivity contribution >= 4 is 11.8 Å². The van der Waals surface area contributed by atoms with E-state index in [0.717, 1.165) is 24.2 Å². The van der Waals surface area contributed by atoms with Crippen molar-refractivity contribution in [1.82, 2.24) is 4.90 Å². The predicted molar refractivity (Wildman–Crippen MR) is 99.7 cm³/mol. The molecule has 1 aliphatic heterocycles. The molecule has 1 amide bonds. The van der Waals surface area contributed by atoms with E-state index in [1.807, 2.05) is 12.1 Å². The fourth-order valence-corrected chi connectivity index (χ4v) is 3.21. The number of likely N-dealkylation sites (tertiary alicyclic amines) is 1. The number of ether oxygens (including phenoxy) is 2. The minimum Gasteiger partial charge on any atom is -0.497 e. The Bertz CT molecular complexity index is 789. The van der Waals surface area contributed by atoms with Crippen molar-refractivity contribution in [3.63, 3.8) is 0 Å². The average Bonchev–Trinajstić information content (AvgIpc) is 3.15. The van der Waals surface area contributed by atoms with Crippen LogP contribution in [0.15, 0.2) is 48.5 Å². The van der Waals surface area contributed by atoms with Crippen LogP contribution in [-0.2, 0) is 17.8 Å². The summed E-state index contributed by atoms with van der Waals surface area (Å²) < 4.78 is 10.5. The average molecular weight is 370 g/mol. The van der Waals surface area contributed by atoms with Gasteiger partial charge in [-0.15, -0.1) is 0 Å². The van der Waals surface area contributed by atoms with E-state index < -0.39 is 4.92 Å². The van der Waals surface area contributed by atoms with Crippen molar-refractivity contribution in [1.29, 1.82) is 0 Å². The zero-order valence-corrected chi connectivity index (χ0v) is 15.2. The van der Waals surface area contributed by atoms with E-state index in [9.17, 15) is 14.9 Å². The van der Waals surface area contributed by atoms with Gasteiger partial charge in [-0.2, -0.15) is 0 Å². The number of amides is 1. The lowest BCUT2D eigenvalue weighted by atomic mass is 9.99. The van der Waals surface area contributed by atoms with Crippen molar-refractivity contribution < 1.29 is 19.2 Å². The molecular formula is C20H22N2O5. The van der Waals surface area contributed by atoms with E-state index in [4.69, 9.17) is 9.47 Å². The fourth-order valence-electron chi connectivity index (χ4n) is 3.21. The molecule has 0 aliphatic carbocycles. The monoisotopic (exact) mass is 370 g/mol. The molecule has 3 rings (SSSR count). The molecule has 7 nitrogen and oxygen atoms in total. The van der Waals surface area contributed by atoms with Crippen LogP contribution in [0.5, 0.6) is 5.75 Å². The summed E-state index contributed by atoms with van der Waals surface area (Å²) in [5.74, 6) is 1.24. The molecular weight excluding hydrogens is 348 g/mol. The zero-order valence-electron chi connectivity index (χ0n) is 15.2. The van der Waals surface area contributed by atoms with E-state index in [1.165, 1.54) is 17.7 Å². The van der Waals surface area contributed by atoms with E-state index in [1.54, 1.807) is 24.1 Å². The Morgan fingerprint density at radius 1 is 1.15 bits per heavy atom. The van der Waals surface area contributed by atoms with Gasteiger partial charge in [-0.1, -0.05) is 12.1 Å². The molecule has 0 aromatic heterocycles. The van der Waals surface area contributed by atoms with Crippen molar-refractivity contribution in [2.75, 3.05) is 20.2 Å². The standard InChI is InChI=1S/C20H22N2O5/c1-26-19-8-4-15(5-9-19)12-17-10-11-21(13-17)20(23)27-14-16-2-6-18(7-3-16)22(24)25/h2-9,17H,10-14H2,1H3. The largest absolute Gasteiger partial charge is 0.497 e. The molecule has 0 saturated carbocycles. The van der Waals surface area contributed by atoms with Crippen molar-refractivity contribution in [3.8, 4) is 5.75 Å². The highest BCUT2D eigenvalue weighted by molar-refractivity contribution is 5.68. The number of benzene rings is 2. The van der Waals surface area contributed by atoms with Gasteiger partial charge < -0.3 is 14.4 Å². The summed E-state index contributed by atoms with van der Waals surface area (Å²) in [6.07, 6.45) is 1.51. The molecule has 2 aromatic rings.